The van der Waals surface area contributed by atoms with Crippen molar-refractivity contribution in [2.24, 2.45) is 5.92 Å². The van der Waals surface area contributed by atoms with Crippen LogP contribution in [-0.2, 0) is 11.3 Å². The molecule has 2 aliphatic rings. The molecule has 230 valence electrons. The summed E-state index contributed by atoms with van der Waals surface area (Å²) in [6, 6.07) is 20.8. The average Bonchev–Trinajstić information content (AvgIpc) is 3.04. The number of hydrogen-bond donors (Lipinski definition) is 1. The second kappa shape index (κ2) is 14.6. The van der Waals surface area contributed by atoms with Crippen molar-refractivity contribution in [2.75, 3.05) is 70.8 Å². The molecule has 0 spiro atoms. The van der Waals surface area contributed by atoms with Gasteiger partial charge in [-0.15, -0.1) is 0 Å². The molecule has 43 heavy (non-hydrogen) atoms. The first kappa shape index (κ1) is 30.6. The van der Waals surface area contributed by atoms with Gasteiger partial charge in [0.1, 0.15) is 11.6 Å². The summed E-state index contributed by atoms with van der Waals surface area (Å²) >= 11 is 0. The average molecular weight is 591 g/mol. The van der Waals surface area contributed by atoms with Gasteiger partial charge in [0.2, 0.25) is 5.91 Å². The van der Waals surface area contributed by atoms with Crippen LogP contribution in [0.15, 0.2) is 66.7 Å². The molecule has 0 bridgehead atoms. The minimum absolute atomic E-state index is 0.0138. The van der Waals surface area contributed by atoms with Crippen molar-refractivity contribution in [1.82, 2.24) is 9.80 Å². The fourth-order valence-electron chi connectivity index (χ4n) is 6.54. The second-order valence-corrected chi connectivity index (χ2v) is 11.3. The van der Waals surface area contributed by atoms with Crippen LogP contribution < -0.4 is 24.4 Å². The summed E-state index contributed by atoms with van der Waals surface area (Å²) in [7, 11) is 4.96. The maximum atomic E-state index is 14.5. The molecule has 1 amide bonds. The summed E-state index contributed by atoms with van der Waals surface area (Å²) in [5.41, 5.74) is 2.53. The summed E-state index contributed by atoms with van der Waals surface area (Å²) in [5.74, 6) is 2.41. The predicted octanol–water partition coefficient (Wildman–Crippen LogP) is 5.28. The molecule has 1 N–H and O–H groups in total. The Hall–Kier alpha value is -3.82. The van der Waals surface area contributed by atoms with Crippen molar-refractivity contribution < 1.29 is 23.4 Å². The van der Waals surface area contributed by atoms with Gasteiger partial charge in [-0.25, -0.2) is 4.39 Å². The minimum Gasteiger partial charge on any atom is -0.497 e. The summed E-state index contributed by atoms with van der Waals surface area (Å²) in [6.07, 6.45) is 2.24. The lowest BCUT2D eigenvalue weighted by Gasteiger charge is -2.47. The highest BCUT2D eigenvalue weighted by Gasteiger charge is 2.35. The van der Waals surface area contributed by atoms with Gasteiger partial charge in [0, 0.05) is 63.0 Å². The Bertz CT molecular complexity index is 1350. The van der Waals surface area contributed by atoms with Gasteiger partial charge in [-0.3, -0.25) is 14.6 Å². The number of anilines is 2. The molecule has 8 nitrogen and oxygen atoms in total. The largest absolute Gasteiger partial charge is 0.497 e. The molecule has 0 aromatic heterocycles. The van der Waals surface area contributed by atoms with Crippen LogP contribution in [0.1, 0.15) is 24.8 Å². The first-order valence-corrected chi connectivity index (χ1v) is 15.1. The van der Waals surface area contributed by atoms with E-state index in [9.17, 15) is 9.18 Å². The number of carbonyl (C=O) groups excluding carboxylic acids is 1. The maximum absolute atomic E-state index is 14.5. The van der Waals surface area contributed by atoms with Crippen molar-refractivity contribution in [3.05, 3.63) is 78.1 Å². The van der Waals surface area contributed by atoms with E-state index in [0.29, 0.717) is 24.1 Å². The van der Waals surface area contributed by atoms with Crippen molar-refractivity contribution >= 4 is 17.3 Å². The van der Waals surface area contributed by atoms with Crippen molar-refractivity contribution in [3.63, 3.8) is 0 Å². The number of piperidine rings is 1. The van der Waals surface area contributed by atoms with E-state index in [1.807, 2.05) is 48.5 Å². The first-order chi connectivity index (χ1) is 21.0. The number of benzene rings is 3. The minimum atomic E-state index is -0.169. The van der Waals surface area contributed by atoms with Crippen molar-refractivity contribution in [1.29, 1.82) is 0 Å². The summed E-state index contributed by atoms with van der Waals surface area (Å²) in [5, 5.41) is 3.04. The number of nitrogens with one attached hydrogen (secondary N) is 1. The quantitative estimate of drug-likeness (QED) is 0.326. The number of methoxy groups -OCH3 is 3. The molecule has 0 saturated carbocycles. The number of likely N-dealkylation sites (tertiary alicyclic amines) is 1. The Morgan fingerprint density at radius 3 is 2.35 bits per heavy atom. The lowest BCUT2D eigenvalue weighted by molar-refractivity contribution is -0.116. The molecule has 5 rings (SSSR count). The Balaban J connectivity index is 1.26. The number of nitrogens with zero attached hydrogens (tertiary/aromatic N) is 3. The highest BCUT2D eigenvalue weighted by molar-refractivity contribution is 5.90. The highest BCUT2D eigenvalue weighted by atomic mass is 19.1. The number of para-hydroxylation sites is 2. The molecule has 3 aromatic carbocycles. The molecule has 3 aromatic rings. The number of piperazine rings is 1. The standard InChI is InChI=1S/C34H43FN4O4/c1-41-28-14-12-27(13-15-28)36-33(40)16-11-25-23-37(24-26-7-6-10-32(42-2)34(26)43-3)18-17-30(25)38-19-21-39(22-20-38)31-9-5-4-8-29(31)35/h4-10,12-15,25,30H,11,16-24H2,1-3H3,(H,36,40)/t25-,30+/m1/s1. The normalized spacial score (nSPS) is 19.6. The topological polar surface area (TPSA) is 66.5 Å². The zero-order valence-corrected chi connectivity index (χ0v) is 25.4. The summed E-state index contributed by atoms with van der Waals surface area (Å²) in [4.78, 5) is 20.2. The Morgan fingerprint density at radius 1 is 0.884 bits per heavy atom. The highest BCUT2D eigenvalue weighted by Crippen LogP contribution is 2.34. The number of rotatable bonds is 11. The fourth-order valence-corrected chi connectivity index (χ4v) is 6.54. The van der Waals surface area contributed by atoms with E-state index in [0.717, 1.165) is 87.2 Å². The smallest absolute Gasteiger partial charge is 0.224 e. The molecule has 2 atom stereocenters. The van der Waals surface area contributed by atoms with Crippen LogP contribution in [0.4, 0.5) is 15.8 Å². The molecule has 2 fully saturated rings. The molecule has 2 aliphatic heterocycles. The zero-order valence-electron chi connectivity index (χ0n) is 25.4. The third-order valence-electron chi connectivity index (χ3n) is 8.75. The number of ether oxygens (including phenoxy) is 3. The third-order valence-corrected chi connectivity index (χ3v) is 8.75. The van der Waals surface area contributed by atoms with E-state index in [-0.39, 0.29) is 11.7 Å². The fraction of sp³-hybridized carbons (Fsp3) is 0.441. The molecule has 9 heteroatoms. The SMILES string of the molecule is COc1ccc(NC(=O)CC[C@@H]2CN(Cc3cccc(OC)c3OC)CC[C@@H]2N2CCN(c3ccccc3F)CC2)cc1. The van der Waals surface area contributed by atoms with Crippen LogP contribution in [0.3, 0.4) is 0 Å². The van der Waals surface area contributed by atoms with E-state index in [1.165, 1.54) is 6.07 Å². The van der Waals surface area contributed by atoms with Gasteiger partial charge < -0.3 is 24.4 Å². The van der Waals surface area contributed by atoms with Crippen LogP contribution in [0.2, 0.25) is 0 Å². The van der Waals surface area contributed by atoms with Crippen LogP contribution in [0.5, 0.6) is 17.2 Å². The molecular weight excluding hydrogens is 547 g/mol. The van der Waals surface area contributed by atoms with E-state index in [2.05, 4.69) is 26.1 Å². The monoisotopic (exact) mass is 590 g/mol. The zero-order chi connectivity index (χ0) is 30.2. The van der Waals surface area contributed by atoms with E-state index in [1.54, 1.807) is 27.4 Å². The van der Waals surface area contributed by atoms with Gasteiger partial charge in [0.05, 0.1) is 27.0 Å². The second-order valence-electron chi connectivity index (χ2n) is 11.3. The van der Waals surface area contributed by atoms with Gasteiger partial charge in [-0.1, -0.05) is 24.3 Å². The van der Waals surface area contributed by atoms with Gasteiger partial charge in [-0.2, -0.15) is 0 Å². The third kappa shape index (κ3) is 7.58. The maximum Gasteiger partial charge on any atom is 0.224 e. The molecule has 2 heterocycles. The Labute approximate surface area is 254 Å². The van der Waals surface area contributed by atoms with Crippen molar-refractivity contribution in [2.45, 2.75) is 31.8 Å². The molecule has 0 aliphatic carbocycles. The summed E-state index contributed by atoms with van der Waals surface area (Å²) in [6.45, 7) is 5.90. The lowest BCUT2D eigenvalue weighted by atomic mass is 9.86. The van der Waals surface area contributed by atoms with Crippen molar-refractivity contribution in [3.8, 4) is 17.2 Å². The number of hydrogen-bond acceptors (Lipinski definition) is 7. The van der Waals surface area contributed by atoms with Crippen LogP contribution in [0, 0.1) is 11.7 Å². The molecule has 2 saturated heterocycles. The number of carbonyl (C=O) groups is 1. The van der Waals surface area contributed by atoms with E-state index in [4.69, 9.17) is 14.2 Å². The van der Waals surface area contributed by atoms with Gasteiger partial charge in [0.25, 0.3) is 0 Å². The van der Waals surface area contributed by atoms with Crippen LogP contribution >= 0.6 is 0 Å². The number of amides is 1. The van der Waals surface area contributed by atoms with Gasteiger partial charge in [-0.05, 0) is 67.8 Å². The van der Waals surface area contributed by atoms with E-state index < -0.39 is 0 Å². The summed E-state index contributed by atoms with van der Waals surface area (Å²) < 4.78 is 30.9. The molecule has 0 radical (unpaired) electrons. The van der Waals surface area contributed by atoms with E-state index >= 15 is 0 Å². The van der Waals surface area contributed by atoms with Crippen LogP contribution in [-0.4, -0.2) is 82.3 Å². The van der Waals surface area contributed by atoms with Gasteiger partial charge >= 0.3 is 0 Å². The molecule has 0 unspecified atom stereocenters. The Kier molecular flexibility index (Phi) is 10.4. The van der Waals surface area contributed by atoms with Crippen LogP contribution in [0.25, 0.3) is 0 Å². The Morgan fingerprint density at radius 2 is 1.65 bits per heavy atom. The molecular formula is C34H43FN4O4. The predicted molar refractivity (Wildman–Crippen MR) is 168 cm³/mol. The lowest BCUT2D eigenvalue weighted by Crippen LogP contribution is -2.56. The first-order valence-electron chi connectivity index (χ1n) is 15.1. The van der Waals surface area contributed by atoms with Gasteiger partial charge in [0.15, 0.2) is 11.5 Å². The number of halogens is 1.